The summed E-state index contributed by atoms with van der Waals surface area (Å²) in [4.78, 5) is 4.44. The highest BCUT2D eigenvalue weighted by Crippen LogP contribution is 2.38. The van der Waals surface area contributed by atoms with Gasteiger partial charge in [-0.25, -0.2) is 4.98 Å². The zero-order valence-corrected chi connectivity index (χ0v) is 11.7. The molecule has 5 nitrogen and oxygen atoms in total. The van der Waals surface area contributed by atoms with E-state index in [4.69, 9.17) is 10.00 Å². The molecule has 2 aromatic rings. The Morgan fingerprint density at radius 1 is 1.35 bits per heavy atom. The van der Waals surface area contributed by atoms with Gasteiger partial charge >= 0.3 is 0 Å². The Morgan fingerprint density at radius 3 is 2.85 bits per heavy atom. The van der Waals surface area contributed by atoms with Gasteiger partial charge in [0, 0.05) is 11.7 Å². The first-order chi connectivity index (χ1) is 9.85. The number of nitrogens with one attached hydrogen (secondary N) is 1. The Labute approximate surface area is 121 Å². The molecule has 102 valence electrons. The van der Waals surface area contributed by atoms with Crippen molar-refractivity contribution in [1.29, 1.82) is 5.26 Å². The van der Waals surface area contributed by atoms with Crippen LogP contribution in [0.15, 0.2) is 29.4 Å². The predicted octanol–water partition coefficient (Wildman–Crippen LogP) is 2.72. The molecule has 0 bridgehead atoms. The molecule has 1 fully saturated rings. The smallest absolute Gasteiger partial charge is 0.208 e. The third kappa shape index (κ3) is 3.31. The molecule has 1 heterocycles. The SMILES string of the molecule is N#Cc1ccc(OCCSc2n[nH]c(C3CC3)n2)cc1. The maximum Gasteiger partial charge on any atom is 0.208 e. The Bertz CT molecular complexity index is 613. The first-order valence-corrected chi connectivity index (χ1v) is 7.52. The number of nitriles is 1. The molecular weight excluding hydrogens is 272 g/mol. The second-order valence-corrected chi connectivity index (χ2v) is 5.67. The lowest BCUT2D eigenvalue weighted by molar-refractivity contribution is 0.344. The molecule has 0 saturated heterocycles. The Morgan fingerprint density at radius 2 is 2.15 bits per heavy atom. The van der Waals surface area contributed by atoms with Crippen molar-refractivity contribution in [3.63, 3.8) is 0 Å². The summed E-state index contributed by atoms with van der Waals surface area (Å²) >= 11 is 1.58. The van der Waals surface area contributed by atoms with Crippen molar-refractivity contribution >= 4 is 11.8 Å². The van der Waals surface area contributed by atoms with Gasteiger partial charge in [0.05, 0.1) is 18.2 Å². The minimum Gasteiger partial charge on any atom is -0.493 e. The standard InChI is InChI=1S/C14H14N4OS/c15-9-10-1-5-12(6-2-10)19-7-8-20-14-16-13(17-18-14)11-3-4-11/h1-2,5-6,11H,3-4,7-8H2,(H,16,17,18). The Kier molecular flexibility index (Phi) is 3.88. The van der Waals surface area contributed by atoms with Crippen molar-refractivity contribution in [2.45, 2.75) is 23.9 Å². The summed E-state index contributed by atoms with van der Waals surface area (Å²) in [6.07, 6.45) is 2.45. The van der Waals surface area contributed by atoms with Crippen LogP contribution in [-0.4, -0.2) is 27.5 Å². The second-order valence-electron chi connectivity index (χ2n) is 4.61. The van der Waals surface area contributed by atoms with E-state index in [1.165, 1.54) is 12.8 Å². The maximum absolute atomic E-state index is 8.70. The van der Waals surface area contributed by atoms with Gasteiger partial charge in [0.1, 0.15) is 11.6 Å². The average molecular weight is 286 g/mol. The van der Waals surface area contributed by atoms with Gasteiger partial charge in [-0.15, -0.1) is 5.10 Å². The van der Waals surface area contributed by atoms with Crippen LogP contribution in [0.4, 0.5) is 0 Å². The molecule has 1 aliphatic carbocycles. The average Bonchev–Trinajstić information content (AvgIpc) is 3.24. The molecule has 1 saturated carbocycles. The van der Waals surface area contributed by atoms with Crippen molar-refractivity contribution in [3.8, 4) is 11.8 Å². The molecule has 1 aromatic heterocycles. The molecule has 0 spiro atoms. The van der Waals surface area contributed by atoms with Crippen LogP contribution in [-0.2, 0) is 0 Å². The maximum atomic E-state index is 8.70. The van der Waals surface area contributed by atoms with E-state index < -0.39 is 0 Å². The van der Waals surface area contributed by atoms with Crippen LogP contribution in [0.3, 0.4) is 0 Å². The molecular formula is C14H14N4OS. The first-order valence-electron chi connectivity index (χ1n) is 6.53. The van der Waals surface area contributed by atoms with Gasteiger partial charge in [-0.05, 0) is 37.1 Å². The Hall–Kier alpha value is -2.00. The highest BCUT2D eigenvalue weighted by atomic mass is 32.2. The van der Waals surface area contributed by atoms with Crippen molar-refractivity contribution in [2.75, 3.05) is 12.4 Å². The minimum atomic E-state index is 0.587. The summed E-state index contributed by atoms with van der Waals surface area (Å²) in [7, 11) is 0. The number of H-pyrrole nitrogens is 1. The number of aromatic nitrogens is 3. The van der Waals surface area contributed by atoms with Crippen LogP contribution >= 0.6 is 11.8 Å². The summed E-state index contributed by atoms with van der Waals surface area (Å²) in [5.41, 5.74) is 0.639. The number of thioether (sulfide) groups is 1. The highest BCUT2D eigenvalue weighted by molar-refractivity contribution is 7.99. The zero-order valence-electron chi connectivity index (χ0n) is 10.9. The number of hydrogen-bond acceptors (Lipinski definition) is 5. The lowest BCUT2D eigenvalue weighted by atomic mass is 10.2. The fourth-order valence-corrected chi connectivity index (χ4v) is 2.40. The molecule has 0 unspecified atom stereocenters. The van der Waals surface area contributed by atoms with Crippen molar-refractivity contribution in [2.24, 2.45) is 0 Å². The third-order valence-electron chi connectivity index (χ3n) is 3.01. The second kappa shape index (κ2) is 5.97. The van der Waals surface area contributed by atoms with Crippen LogP contribution in [0.1, 0.15) is 30.1 Å². The highest BCUT2D eigenvalue weighted by Gasteiger charge is 2.27. The summed E-state index contributed by atoms with van der Waals surface area (Å²) < 4.78 is 5.60. The topological polar surface area (TPSA) is 74.6 Å². The first kappa shape index (κ1) is 13.0. The summed E-state index contributed by atoms with van der Waals surface area (Å²) in [5.74, 6) is 3.19. The summed E-state index contributed by atoms with van der Waals surface area (Å²) in [6.45, 7) is 0.587. The minimum absolute atomic E-state index is 0.587. The van der Waals surface area contributed by atoms with Gasteiger partial charge in [0.15, 0.2) is 0 Å². The Balaban J connectivity index is 1.41. The van der Waals surface area contributed by atoms with E-state index in [0.29, 0.717) is 18.1 Å². The number of nitrogens with zero attached hydrogens (tertiary/aromatic N) is 3. The fourth-order valence-electron chi connectivity index (χ4n) is 1.78. The molecule has 0 atom stereocenters. The van der Waals surface area contributed by atoms with Crippen LogP contribution in [0, 0.1) is 11.3 Å². The lowest BCUT2D eigenvalue weighted by Crippen LogP contribution is -2.00. The van der Waals surface area contributed by atoms with Gasteiger partial charge < -0.3 is 4.74 Å². The number of hydrogen-bond donors (Lipinski definition) is 1. The molecule has 1 aromatic carbocycles. The predicted molar refractivity (Wildman–Crippen MR) is 75.7 cm³/mol. The fraction of sp³-hybridized carbons (Fsp3) is 0.357. The lowest BCUT2D eigenvalue weighted by Gasteiger charge is -2.04. The van der Waals surface area contributed by atoms with Crippen LogP contribution in [0.5, 0.6) is 5.75 Å². The van der Waals surface area contributed by atoms with Crippen molar-refractivity contribution in [3.05, 3.63) is 35.7 Å². The molecule has 0 amide bonds. The van der Waals surface area contributed by atoms with Crippen LogP contribution < -0.4 is 4.74 Å². The van der Waals surface area contributed by atoms with Crippen molar-refractivity contribution < 1.29 is 4.74 Å². The van der Waals surface area contributed by atoms with E-state index >= 15 is 0 Å². The van der Waals surface area contributed by atoms with E-state index in [1.54, 1.807) is 36.0 Å². The summed E-state index contributed by atoms with van der Waals surface area (Å²) in [5, 5.41) is 16.7. The molecule has 1 aliphatic rings. The van der Waals surface area contributed by atoms with E-state index in [-0.39, 0.29) is 0 Å². The monoisotopic (exact) mass is 286 g/mol. The molecule has 3 rings (SSSR count). The van der Waals surface area contributed by atoms with Crippen LogP contribution in [0.25, 0.3) is 0 Å². The van der Waals surface area contributed by atoms with E-state index in [0.717, 1.165) is 22.5 Å². The van der Waals surface area contributed by atoms with Crippen LogP contribution in [0.2, 0.25) is 0 Å². The van der Waals surface area contributed by atoms with Gasteiger partial charge in [-0.3, -0.25) is 5.10 Å². The number of aromatic amines is 1. The largest absolute Gasteiger partial charge is 0.493 e. The van der Waals surface area contributed by atoms with E-state index in [2.05, 4.69) is 21.3 Å². The third-order valence-corrected chi connectivity index (χ3v) is 3.82. The van der Waals surface area contributed by atoms with Gasteiger partial charge in [-0.1, -0.05) is 11.8 Å². The number of ether oxygens (including phenoxy) is 1. The van der Waals surface area contributed by atoms with Gasteiger partial charge in [0.2, 0.25) is 5.16 Å². The normalized spacial score (nSPS) is 13.9. The molecule has 20 heavy (non-hydrogen) atoms. The zero-order chi connectivity index (χ0) is 13.8. The van der Waals surface area contributed by atoms with Gasteiger partial charge in [-0.2, -0.15) is 5.26 Å². The van der Waals surface area contributed by atoms with Crippen molar-refractivity contribution in [1.82, 2.24) is 15.2 Å². The molecule has 6 heteroatoms. The number of benzene rings is 1. The molecule has 1 N–H and O–H groups in total. The number of rotatable bonds is 6. The van der Waals surface area contributed by atoms with Gasteiger partial charge in [0.25, 0.3) is 0 Å². The summed E-state index contributed by atoms with van der Waals surface area (Å²) in [6, 6.07) is 9.19. The quantitative estimate of drug-likeness (QED) is 0.653. The molecule has 0 radical (unpaired) electrons. The van der Waals surface area contributed by atoms with E-state index in [9.17, 15) is 0 Å². The van der Waals surface area contributed by atoms with E-state index in [1.807, 2.05) is 0 Å². The molecule has 0 aliphatic heterocycles.